The first-order chi connectivity index (χ1) is 7.79. The van der Waals surface area contributed by atoms with Crippen molar-refractivity contribution >= 4 is 11.9 Å². The molecule has 0 bridgehead atoms. The van der Waals surface area contributed by atoms with Crippen molar-refractivity contribution in [2.24, 2.45) is 23.5 Å². The summed E-state index contributed by atoms with van der Waals surface area (Å²) in [5, 5.41) is 35.9. The highest BCUT2D eigenvalue weighted by Crippen LogP contribution is 2.64. The Labute approximate surface area is 96.2 Å². The van der Waals surface area contributed by atoms with Crippen molar-refractivity contribution in [2.75, 3.05) is 0 Å². The lowest BCUT2D eigenvalue weighted by Gasteiger charge is -2.23. The van der Waals surface area contributed by atoms with Gasteiger partial charge in [0.05, 0.1) is 0 Å². The van der Waals surface area contributed by atoms with E-state index in [1.807, 2.05) is 0 Å². The number of hydrogen-bond donors (Lipinski definition) is 5. The number of carbonyl (C=O) groups is 2. The fourth-order valence-electron chi connectivity index (χ4n) is 2.94. The number of aliphatic hydroxyl groups is 2. The molecular weight excluding hydrogens is 230 g/mol. The standard InChI is InChI=1S/C10H13NO6/c11-10(9(16)17)2-3(1-4(12)13)5-6(7(5)10)8(14)15/h1,5-8,14-15H,2,11H2,(H,12,13)(H,16,17). The molecule has 2 fully saturated rings. The van der Waals surface area contributed by atoms with Crippen LogP contribution in [0, 0.1) is 17.8 Å². The molecule has 2 aliphatic rings. The van der Waals surface area contributed by atoms with Crippen LogP contribution in [0.25, 0.3) is 0 Å². The van der Waals surface area contributed by atoms with Crippen LogP contribution in [0.5, 0.6) is 0 Å². The first-order valence-electron chi connectivity index (χ1n) is 5.11. The predicted octanol–water partition coefficient (Wildman–Crippen LogP) is -1.64. The van der Waals surface area contributed by atoms with Gasteiger partial charge in [-0.25, -0.2) is 4.79 Å². The van der Waals surface area contributed by atoms with Crippen molar-refractivity contribution in [3.8, 4) is 0 Å². The second-order valence-electron chi connectivity index (χ2n) is 4.62. The number of rotatable bonds is 3. The number of hydrogen-bond acceptors (Lipinski definition) is 5. The van der Waals surface area contributed by atoms with Gasteiger partial charge >= 0.3 is 11.9 Å². The molecular formula is C10H13NO6. The highest BCUT2D eigenvalue weighted by Gasteiger charge is 2.71. The fourth-order valence-corrected chi connectivity index (χ4v) is 2.94. The molecule has 0 aliphatic heterocycles. The topological polar surface area (TPSA) is 141 Å². The molecule has 0 aromatic carbocycles. The smallest absolute Gasteiger partial charge is 0.328 e. The molecule has 2 saturated carbocycles. The highest BCUT2D eigenvalue weighted by molar-refractivity contribution is 5.85. The van der Waals surface area contributed by atoms with E-state index in [-0.39, 0.29) is 6.42 Å². The lowest BCUT2D eigenvalue weighted by molar-refractivity contribution is -0.145. The molecule has 2 aliphatic carbocycles. The Morgan fingerprint density at radius 3 is 2.41 bits per heavy atom. The molecule has 7 nitrogen and oxygen atoms in total. The molecule has 0 spiro atoms. The van der Waals surface area contributed by atoms with Crippen molar-refractivity contribution in [3.63, 3.8) is 0 Å². The molecule has 7 heteroatoms. The minimum absolute atomic E-state index is 0.0623. The van der Waals surface area contributed by atoms with Gasteiger partial charge in [-0.15, -0.1) is 0 Å². The van der Waals surface area contributed by atoms with Crippen LogP contribution in [0.3, 0.4) is 0 Å². The van der Waals surface area contributed by atoms with Gasteiger partial charge in [-0.2, -0.15) is 0 Å². The third-order valence-corrected chi connectivity index (χ3v) is 3.65. The van der Waals surface area contributed by atoms with E-state index in [2.05, 4.69) is 0 Å². The molecule has 0 amide bonds. The molecule has 0 radical (unpaired) electrons. The summed E-state index contributed by atoms with van der Waals surface area (Å²) in [5.74, 6) is -4.18. The molecule has 0 aromatic rings. The van der Waals surface area contributed by atoms with Crippen LogP contribution in [0.1, 0.15) is 6.42 Å². The van der Waals surface area contributed by atoms with Gasteiger partial charge in [-0.3, -0.25) is 4.79 Å². The Morgan fingerprint density at radius 2 is 2.00 bits per heavy atom. The lowest BCUT2D eigenvalue weighted by Crippen LogP contribution is -2.49. The van der Waals surface area contributed by atoms with Crippen molar-refractivity contribution in [1.29, 1.82) is 0 Å². The van der Waals surface area contributed by atoms with E-state index >= 15 is 0 Å². The zero-order valence-electron chi connectivity index (χ0n) is 8.78. The van der Waals surface area contributed by atoms with Crippen LogP contribution in [-0.2, 0) is 9.59 Å². The van der Waals surface area contributed by atoms with E-state index in [0.717, 1.165) is 6.08 Å². The monoisotopic (exact) mass is 243 g/mol. The third kappa shape index (κ3) is 1.63. The van der Waals surface area contributed by atoms with E-state index in [1.165, 1.54) is 0 Å². The van der Waals surface area contributed by atoms with Gasteiger partial charge in [0, 0.05) is 17.9 Å². The van der Waals surface area contributed by atoms with E-state index in [0.29, 0.717) is 5.57 Å². The lowest BCUT2D eigenvalue weighted by atomic mass is 9.90. The summed E-state index contributed by atoms with van der Waals surface area (Å²) in [6.45, 7) is 0. The zero-order valence-corrected chi connectivity index (χ0v) is 8.78. The summed E-state index contributed by atoms with van der Waals surface area (Å²) in [7, 11) is 0. The Morgan fingerprint density at radius 1 is 1.41 bits per heavy atom. The van der Waals surface area contributed by atoms with E-state index in [4.69, 9.17) is 26.2 Å². The normalized spacial score (nSPS) is 41.6. The van der Waals surface area contributed by atoms with Crippen LogP contribution >= 0.6 is 0 Å². The molecule has 4 unspecified atom stereocenters. The molecule has 2 rings (SSSR count). The molecule has 94 valence electrons. The van der Waals surface area contributed by atoms with Gasteiger partial charge in [0.25, 0.3) is 0 Å². The van der Waals surface area contributed by atoms with Gasteiger partial charge in [0.2, 0.25) is 0 Å². The quantitative estimate of drug-likeness (QED) is 0.295. The van der Waals surface area contributed by atoms with Crippen LogP contribution in [0.4, 0.5) is 0 Å². The summed E-state index contributed by atoms with van der Waals surface area (Å²) >= 11 is 0. The van der Waals surface area contributed by atoms with Crippen molar-refractivity contribution in [3.05, 3.63) is 11.6 Å². The zero-order chi connectivity index (χ0) is 13.0. The number of aliphatic hydroxyl groups excluding tert-OH is 1. The summed E-state index contributed by atoms with van der Waals surface area (Å²) in [6.07, 6.45) is -0.824. The molecule has 4 atom stereocenters. The molecule has 0 saturated heterocycles. The van der Waals surface area contributed by atoms with E-state index < -0.39 is 41.5 Å². The van der Waals surface area contributed by atoms with Gasteiger partial charge in [0.15, 0.2) is 6.29 Å². The number of nitrogens with two attached hydrogens (primary N) is 1. The van der Waals surface area contributed by atoms with Crippen molar-refractivity contribution < 1.29 is 30.0 Å². The Bertz CT molecular complexity index is 417. The largest absolute Gasteiger partial charge is 0.480 e. The summed E-state index contributed by atoms with van der Waals surface area (Å²) in [4.78, 5) is 21.7. The minimum atomic E-state index is -1.68. The van der Waals surface area contributed by atoms with Crippen molar-refractivity contribution in [1.82, 2.24) is 0 Å². The summed E-state index contributed by atoms with van der Waals surface area (Å²) < 4.78 is 0. The second kappa shape index (κ2) is 3.52. The fraction of sp³-hybridized carbons (Fsp3) is 0.600. The maximum Gasteiger partial charge on any atom is 0.328 e. The summed E-state index contributed by atoms with van der Waals surface area (Å²) in [5.41, 5.74) is 4.50. The average molecular weight is 243 g/mol. The number of fused-ring (bicyclic) bond motifs is 1. The summed E-state index contributed by atoms with van der Waals surface area (Å²) in [6, 6.07) is 0. The van der Waals surface area contributed by atoms with Gasteiger partial charge in [0.1, 0.15) is 5.54 Å². The van der Waals surface area contributed by atoms with E-state index in [9.17, 15) is 9.59 Å². The maximum atomic E-state index is 11.1. The van der Waals surface area contributed by atoms with Crippen LogP contribution in [-0.4, -0.2) is 44.2 Å². The Balaban J connectivity index is 2.33. The minimum Gasteiger partial charge on any atom is -0.480 e. The molecule has 0 aromatic heterocycles. The Kier molecular flexibility index (Phi) is 2.49. The first kappa shape index (κ1) is 12.0. The van der Waals surface area contributed by atoms with Gasteiger partial charge in [-0.05, 0) is 12.3 Å². The SMILES string of the molecule is NC1(C(=O)O)CC(=CC(=O)O)C2C(C(O)O)C21. The Hall–Kier alpha value is -1.44. The van der Waals surface area contributed by atoms with Crippen LogP contribution in [0.2, 0.25) is 0 Å². The predicted molar refractivity (Wildman–Crippen MR) is 53.6 cm³/mol. The number of aliphatic carboxylic acids is 2. The maximum absolute atomic E-state index is 11.1. The first-order valence-corrected chi connectivity index (χ1v) is 5.11. The number of carboxylic acid groups (broad SMARTS) is 2. The molecule has 17 heavy (non-hydrogen) atoms. The van der Waals surface area contributed by atoms with Crippen molar-refractivity contribution in [2.45, 2.75) is 18.2 Å². The van der Waals surface area contributed by atoms with Crippen LogP contribution in [0.15, 0.2) is 11.6 Å². The van der Waals surface area contributed by atoms with Gasteiger partial charge in [-0.1, -0.05) is 5.57 Å². The third-order valence-electron chi connectivity index (χ3n) is 3.65. The number of carboxylic acids is 2. The average Bonchev–Trinajstić information content (AvgIpc) is 2.84. The molecule has 6 N–H and O–H groups in total. The van der Waals surface area contributed by atoms with E-state index in [1.54, 1.807) is 0 Å². The molecule has 0 heterocycles. The van der Waals surface area contributed by atoms with Crippen LogP contribution < -0.4 is 5.73 Å². The second-order valence-corrected chi connectivity index (χ2v) is 4.62. The van der Waals surface area contributed by atoms with Gasteiger partial charge < -0.3 is 26.2 Å². The highest BCUT2D eigenvalue weighted by atomic mass is 16.5.